The fourth-order valence-corrected chi connectivity index (χ4v) is 4.98. The molecule has 4 nitrogen and oxygen atoms in total. The van der Waals surface area contributed by atoms with Gasteiger partial charge in [0.15, 0.2) is 0 Å². The Morgan fingerprint density at radius 3 is 2.79 bits per heavy atom. The first-order valence-electron chi connectivity index (χ1n) is 7.44. The third kappa shape index (κ3) is 2.63. The molecule has 1 aliphatic rings. The van der Waals surface area contributed by atoms with E-state index in [1.165, 1.54) is 17.0 Å². The second-order valence-corrected chi connectivity index (χ2v) is 7.56. The van der Waals surface area contributed by atoms with E-state index < -0.39 is 0 Å². The van der Waals surface area contributed by atoms with Gasteiger partial charge in [0.05, 0.1) is 22.4 Å². The number of thioether (sulfide) groups is 1. The number of halogens is 1. The van der Waals surface area contributed by atoms with Crippen molar-refractivity contribution in [1.29, 1.82) is 0 Å². The SMILES string of the molecule is Cc1nn(-c2ccc(F)cc2)c2c1C(c1cccs1)SCC(=O)N2. The predicted molar refractivity (Wildman–Crippen MR) is 95.5 cm³/mol. The van der Waals surface area contributed by atoms with Crippen molar-refractivity contribution in [3.05, 3.63) is 63.7 Å². The highest BCUT2D eigenvalue weighted by Gasteiger charge is 2.30. The van der Waals surface area contributed by atoms with Crippen LogP contribution in [0.4, 0.5) is 10.2 Å². The van der Waals surface area contributed by atoms with E-state index in [9.17, 15) is 9.18 Å². The standard InChI is InChI=1S/C17H14FN3OS2/c1-10-15-16(13-3-2-8-23-13)24-9-14(22)19-17(15)21(20-10)12-6-4-11(18)5-7-12/h2-8,16H,9H2,1H3,(H,19,22). The number of amides is 1. The Morgan fingerprint density at radius 1 is 1.29 bits per heavy atom. The van der Waals surface area contributed by atoms with Gasteiger partial charge in [0, 0.05) is 10.4 Å². The normalized spacial score (nSPS) is 17.2. The van der Waals surface area contributed by atoms with Crippen molar-refractivity contribution in [3.63, 3.8) is 0 Å². The molecule has 1 atom stereocenters. The maximum absolute atomic E-state index is 13.2. The zero-order valence-electron chi connectivity index (χ0n) is 12.8. The monoisotopic (exact) mass is 359 g/mol. The zero-order valence-corrected chi connectivity index (χ0v) is 14.5. The van der Waals surface area contributed by atoms with E-state index in [4.69, 9.17) is 0 Å². The number of rotatable bonds is 2. The Hall–Kier alpha value is -2.12. The first-order chi connectivity index (χ1) is 11.6. The first kappa shape index (κ1) is 15.4. The lowest BCUT2D eigenvalue weighted by molar-refractivity contribution is -0.113. The number of carbonyl (C=O) groups is 1. The predicted octanol–water partition coefficient (Wildman–Crippen LogP) is 4.16. The molecule has 1 aliphatic heterocycles. The molecular weight excluding hydrogens is 345 g/mol. The number of thiophene rings is 1. The van der Waals surface area contributed by atoms with Crippen molar-refractivity contribution in [2.45, 2.75) is 12.2 Å². The van der Waals surface area contributed by atoms with Crippen LogP contribution < -0.4 is 5.32 Å². The molecule has 0 saturated heterocycles. The second kappa shape index (κ2) is 6.07. The Balaban J connectivity index is 1.89. The first-order valence-corrected chi connectivity index (χ1v) is 9.36. The minimum Gasteiger partial charge on any atom is -0.310 e. The van der Waals surface area contributed by atoms with E-state index in [1.807, 2.05) is 18.4 Å². The van der Waals surface area contributed by atoms with Crippen molar-refractivity contribution >= 4 is 34.8 Å². The number of aromatic nitrogens is 2. The summed E-state index contributed by atoms with van der Waals surface area (Å²) in [5.74, 6) is 0.709. The molecule has 1 aromatic carbocycles. The number of nitrogens with zero attached hydrogens (tertiary/aromatic N) is 2. The molecule has 3 heterocycles. The molecule has 3 aromatic rings. The van der Waals surface area contributed by atoms with Crippen molar-refractivity contribution in [2.24, 2.45) is 0 Å². The van der Waals surface area contributed by atoms with Gasteiger partial charge in [-0.3, -0.25) is 4.79 Å². The Kier molecular flexibility index (Phi) is 3.90. The lowest BCUT2D eigenvalue weighted by atomic mass is 10.1. The molecule has 24 heavy (non-hydrogen) atoms. The molecule has 0 radical (unpaired) electrons. The van der Waals surface area contributed by atoms with E-state index in [-0.39, 0.29) is 17.0 Å². The molecule has 2 aromatic heterocycles. The van der Waals surface area contributed by atoms with E-state index in [1.54, 1.807) is 39.9 Å². The van der Waals surface area contributed by atoms with Crippen molar-refractivity contribution in [3.8, 4) is 5.69 Å². The van der Waals surface area contributed by atoms with Gasteiger partial charge in [-0.2, -0.15) is 5.10 Å². The third-order valence-corrected chi connectivity index (χ3v) is 6.22. The number of carbonyl (C=O) groups excluding carboxylic acids is 1. The lowest BCUT2D eigenvalue weighted by Crippen LogP contribution is -2.15. The van der Waals surface area contributed by atoms with E-state index in [0.29, 0.717) is 11.6 Å². The van der Waals surface area contributed by atoms with Crippen LogP contribution in [0.3, 0.4) is 0 Å². The van der Waals surface area contributed by atoms with Crippen LogP contribution in [-0.2, 0) is 4.79 Å². The summed E-state index contributed by atoms with van der Waals surface area (Å²) in [6.07, 6.45) is 0. The number of hydrogen-bond donors (Lipinski definition) is 1. The summed E-state index contributed by atoms with van der Waals surface area (Å²) in [5.41, 5.74) is 2.60. The minimum absolute atomic E-state index is 0.0523. The summed E-state index contributed by atoms with van der Waals surface area (Å²) in [7, 11) is 0. The molecule has 122 valence electrons. The highest BCUT2D eigenvalue weighted by molar-refractivity contribution is 8.00. The average Bonchev–Trinajstić information content (AvgIpc) is 3.15. The van der Waals surface area contributed by atoms with Crippen molar-refractivity contribution in [2.75, 3.05) is 11.1 Å². The summed E-state index contributed by atoms with van der Waals surface area (Å²) < 4.78 is 14.9. The summed E-state index contributed by atoms with van der Waals surface area (Å²) in [6, 6.07) is 10.2. The number of hydrogen-bond acceptors (Lipinski definition) is 4. The van der Waals surface area contributed by atoms with Crippen LogP contribution in [0.2, 0.25) is 0 Å². The van der Waals surface area contributed by atoms with Gasteiger partial charge >= 0.3 is 0 Å². The Labute approximate surface area is 146 Å². The van der Waals surface area contributed by atoms with Crippen LogP contribution in [0.1, 0.15) is 21.4 Å². The molecule has 4 rings (SSSR count). The number of nitrogens with one attached hydrogen (secondary N) is 1. The molecule has 1 unspecified atom stereocenters. The summed E-state index contributed by atoms with van der Waals surface area (Å²) in [6.45, 7) is 1.94. The molecule has 0 spiro atoms. The van der Waals surface area contributed by atoms with Gasteiger partial charge in [-0.15, -0.1) is 23.1 Å². The Morgan fingerprint density at radius 2 is 2.08 bits per heavy atom. The molecule has 1 N–H and O–H groups in total. The summed E-state index contributed by atoms with van der Waals surface area (Å²) in [5, 5.41) is 9.67. The van der Waals surface area contributed by atoms with Gasteiger partial charge < -0.3 is 5.32 Å². The number of anilines is 1. The van der Waals surface area contributed by atoms with Crippen LogP contribution in [0.15, 0.2) is 41.8 Å². The summed E-state index contributed by atoms with van der Waals surface area (Å²) >= 11 is 3.28. The van der Waals surface area contributed by atoms with E-state index >= 15 is 0 Å². The molecule has 1 amide bonds. The van der Waals surface area contributed by atoms with Gasteiger partial charge in [0.1, 0.15) is 11.6 Å². The number of fused-ring (bicyclic) bond motifs is 1. The van der Waals surface area contributed by atoms with Crippen LogP contribution in [0.25, 0.3) is 5.69 Å². The fraction of sp³-hybridized carbons (Fsp3) is 0.176. The maximum atomic E-state index is 13.2. The topological polar surface area (TPSA) is 46.9 Å². The molecule has 0 bridgehead atoms. The molecule has 0 aliphatic carbocycles. The van der Waals surface area contributed by atoms with Crippen molar-refractivity contribution in [1.82, 2.24) is 9.78 Å². The molecule has 0 saturated carbocycles. The summed E-state index contributed by atoms with van der Waals surface area (Å²) in [4.78, 5) is 13.4. The second-order valence-electron chi connectivity index (χ2n) is 5.49. The van der Waals surface area contributed by atoms with Gasteiger partial charge in [-0.05, 0) is 42.6 Å². The van der Waals surface area contributed by atoms with Gasteiger partial charge in [-0.1, -0.05) is 6.07 Å². The highest BCUT2D eigenvalue weighted by atomic mass is 32.2. The largest absolute Gasteiger partial charge is 0.310 e. The average molecular weight is 359 g/mol. The van der Waals surface area contributed by atoms with Crippen LogP contribution >= 0.6 is 23.1 Å². The van der Waals surface area contributed by atoms with E-state index in [2.05, 4.69) is 16.5 Å². The minimum atomic E-state index is -0.301. The molecular formula is C17H14FN3OS2. The van der Waals surface area contributed by atoms with Crippen LogP contribution in [-0.4, -0.2) is 21.4 Å². The quantitative estimate of drug-likeness (QED) is 0.747. The highest BCUT2D eigenvalue weighted by Crippen LogP contribution is 2.45. The number of aryl methyl sites for hydroxylation is 1. The maximum Gasteiger partial charge on any atom is 0.235 e. The Bertz CT molecular complexity index is 887. The van der Waals surface area contributed by atoms with Gasteiger partial charge in [-0.25, -0.2) is 9.07 Å². The van der Waals surface area contributed by atoms with Crippen molar-refractivity contribution < 1.29 is 9.18 Å². The number of benzene rings is 1. The van der Waals surface area contributed by atoms with Crippen LogP contribution in [0, 0.1) is 12.7 Å². The van der Waals surface area contributed by atoms with Gasteiger partial charge in [0.25, 0.3) is 0 Å². The lowest BCUT2D eigenvalue weighted by Gasteiger charge is -2.13. The third-order valence-electron chi connectivity index (χ3n) is 3.88. The fourth-order valence-electron chi connectivity index (χ4n) is 2.82. The van der Waals surface area contributed by atoms with Crippen LogP contribution in [0.5, 0.6) is 0 Å². The van der Waals surface area contributed by atoms with Gasteiger partial charge in [0.2, 0.25) is 5.91 Å². The molecule has 0 fully saturated rings. The zero-order chi connectivity index (χ0) is 16.7. The molecule has 7 heteroatoms. The van der Waals surface area contributed by atoms with E-state index in [0.717, 1.165) is 16.9 Å². The smallest absolute Gasteiger partial charge is 0.235 e.